The van der Waals surface area contributed by atoms with Gasteiger partial charge >= 0.3 is 0 Å². The summed E-state index contributed by atoms with van der Waals surface area (Å²) in [4.78, 5) is 12.6. The minimum atomic E-state index is -0.270. The fraction of sp³-hybridized carbons (Fsp3) is 0.0667. The molecule has 5 rings (SSSR count). The van der Waals surface area contributed by atoms with Crippen LogP contribution in [0.25, 0.3) is 21.5 Å². The summed E-state index contributed by atoms with van der Waals surface area (Å²) < 4.78 is 12.7. The van der Waals surface area contributed by atoms with Gasteiger partial charge in [0.05, 0.1) is 16.9 Å². The van der Waals surface area contributed by atoms with E-state index >= 15 is 0 Å². The molecule has 0 saturated heterocycles. The first-order valence-electron chi connectivity index (χ1n) is 11.4. The molecule has 0 radical (unpaired) electrons. The zero-order chi connectivity index (χ0) is 24.9. The second kappa shape index (κ2) is 10.8. The Morgan fingerprint density at radius 1 is 0.889 bits per heavy atom. The molecule has 0 aliphatic rings. The van der Waals surface area contributed by atoms with Gasteiger partial charge in [-0.3, -0.25) is 4.79 Å². The lowest BCUT2D eigenvalue weighted by molar-refractivity contribution is 0.0955. The van der Waals surface area contributed by atoms with Crippen molar-refractivity contribution in [2.75, 3.05) is 7.11 Å². The average Bonchev–Trinajstić information content (AvgIpc) is 2.91. The van der Waals surface area contributed by atoms with E-state index in [2.05, 4.69) is 57.4 Å². The largest absolute Gasteiger partial charge is 0.493 e. The van der Waals surface area contributed by atoms with Crippen LogP contribution in [-0.2, 0) is 6.61 Å². The molecule has 0 aliphatic carbocycles. The first-order valence-corrected chi connectivity index (χ1v) is 12.5. The van der Waals surface area contributed by atoms with Crippen LogP contribution in [0.5, 0.6) is 11.5 Å². The zero-order valence-corrected chi connectivity index (χ0v) is 21.7. The molecule has 0 bridgehead atoms. The normalized spacial score (nSPS) is 11.2. The summed E-state index contributed by atoms with van der Waals surface area (Å²) in [5, 5.41) is 8.58. The van der Waals surface area contributed by atoms with E-state index in [0.29, 0.717) is 23.7 Å². The highest BCUT2D eigenvalue weighted by Crippen LogP contribution is 2.34. The van der Waals surface area contributed by atoms with E-state index in [4.69, 9.17) is 9.47 Å². The third-order valence-electron chi connectivity index (χ3n) is 5.90. The van der Waals surface area contributed by atoms with E-state index in [9.17, 15) is 4.79 Å². The molecule has 6 heteroatoms. The lowest BCUT2D eigenvalue weighted by Crippen LogP contribution is -2.17. The van der Waals surface area contributed by atoms with Crippen molar-refractivity contribution in [2.45, 2.75) is 6.61 Å². The lowest BCUT2D eigenvalue weighted by Gasteiger charge is -2.14. The molecule has 178 valence electrons. The molecule has 5 nitrogen and oxygen atoms in total. The van der Waals surface area contributed by atoms with E-state index in [1.807, 2.05) is 66.7 Å². The van der Waals surface area contributed by atoms with Crippen LogP contribution >= 0.6 is 22.6 Å². The number of benzene rings is 5. The Labute approximate surface area is 222 Å². The fourth-order valence-electron chi connectivity index (χ4n) is 4.08. The van der Waals surface area contributed by atoms with Gasteiger partial charge in [-0.1, -0.05) is 72.8 Å². The molecule has 0 atom stereocenters. The quantitative estimate of drug-likeness (QED) is 0.128. The third kappa shape index (κ3) is 5.18. The summed E-state index contributed by atoms with van der Waals surface area (Å²) in [6, 6.07) is 31.7. The summed E-state index contributed by atoms with van der Waals surface area (Å²) in [6.07, 6.45) is 1.60. The second-order valence-corrected chi connectivity index (χ2v) is 9.38. The van der Waals surface area contributed by atoms with Gasteiger partial charge in [0, 0.05) is 5.56 Å². The highest BCUT2D eigenvalue weighted by Gasteiger charge is 2.13. The highest BCUT2D eigenvalue weighted by atomic mass is 127. The number of nitrogens with zero attached hydrogens (tertiary/aromatic N) is 1. The van der Waals surface area contributed by atoms with Crippen molar-refractivity contribution in [1.29, 1.82) is 0 Å². The van der Waals surface area contributed by atoms with Crippen LogP contribution in [-0.4, -0.2) is 19.2 Å². The first kappa shape index (κ1) is 23.8. The average molecular weight is 586 g/mol. The molecule has 36 heavy (non-hydrogen) atoms. The highest BCUT2D eigenvalue weighted by molar-refractivity contribution is 14.1. The van der Waals surface area contributed by atoms with Crippen LogP contribution in [0, 0.1) is 3.57 Å². The number of amides is 1. The number of fused-ring (bicyclic) bond motifs is 2. The predicted molar refractivity (Wildman–Crippen MR) is 153 cm³/mol. The molecular formula is C30H23IN2O3. The van der Waals surface area contributed by atoms with Crippen molar-refractivity contribution in [1.82, 2.24) is 5.43 Å². The number of carbonyl (C=O) groups excluding carboxylic acids is 1. The minimum Gasteiger partial charge on any atom is -0.493 e. The fourth-order valence-corrected chi connectivity index (χ4v) is 4.86. The van der Waals surface area contributed by atoms with Crippen LogP contribution in [0.3, 0.4) is 0 Å². The molecule has 5 aromatic carbocycles. The van der Waals surface area contributed by atoms with Crippen molar-refractivity contribution in [3.8, 4) is 11.5 Å². The number of hydrogen-bond donors (Lipinski definition) is 1. The van der Waals surface area contributed by atoms with Gasteiger partial charge in [0.1, 0.15) is 6.61 Å². The summed E-state index contributed by atoms with van der Waals surface area (Å²) >= 11 is 2.22. The van der Waals surface area contributed by atoms with Crippen molar-refractivity contribution < 1.29 is 14.3 Å². The van der Waals surface area contributed by atoms with Crippen LogP contribution in [0.4, 0.5) is 0 Å². The number of halogens is 1. The number of methoxy groups -OCH3 is 1. The number of nitrogens with one attached hydrogen (secondary N) is 1. The van der Waals surface area contributed by atoms with Gasteiger partial charge in [-0.2, -0.15) is 5.10 Å². The molecule has 1 N–H and O–H groups in total. The summed E-state index contributed by atoms with van der Waals surface area (Å²) in [5.41, 5.74) is 5.04. The molecule has 0 spiro atoms. The molecule has 0 unspecified atom stereocenters. The Balaban J connectivity index is 1.29. The van der Waals surface area contributed by atoms with Crippen molar-refractivity contribution in [3.63, 3.8) is 0 Å². The van der Waals surface area contributed by atoms with Gasteiger partial charge in [-0.15, -0.1) is 0 Å². The maximum absolute atomic E-state index is 12.6. The summed E-state index contributed by atoms with van der Waals surface area (Å²) in [7, 11) is 1.61. The van der Waals surface area contributed by atoms with Crippen LogP contribution in [0.1, 0.15) is 21.5 Å². The Hall–Kier alpha value is -3.91. The summed E-state index contributed by atoms with van der Waals surface area (Å²) in [6.45, 7) is 0.420. The number of rotatable bonds is 7. The van der Waals surface area contributed by atoms with Gasteiger partial charge in [0.2, 0.25) is 0 Å². The van der Waals surface area contributed by atoms with Gasteiger partial charge in [0.25, 0.3) is 5.91 Å². The number of ether oxygens (including phenoxy) is 2. The van der Waals surface area contributed by atoms with Gasteiger partial charge in [0.15, 0.2) is 11.5 Å². The van der Waals surface area contributed by atoms with Crippen LogP contribution in [0.2, 0.25) is 0 Å². The molecule has 0 aromatic heterocycles. The second-order valence-electron chi connectivity index (χ2n) is 8.22. The molecular weight excluding hydrogens is 563 g/mol. The van der Waals surface area contributed by atoms with Gasteiger partial charge < -0.3 is 9.47 Å². The SMILES string of the molecule is COc1cc(C=NNC(=O)c2ccc3ccccc3c2)cc(I)c1OCc1cccc2ccccc12. The Kier molecular flexibility index (Phi) is 7.13. The monoisotopic (exact) mass is 586 g/mol. The Morgan fingerprint density at radius 3 is 2.47 bits per heavy atom. The standard InChI is InChI=1S/C30H23IN2O3/c1-35-28-16-20(18-32-33-30(34)24-14-13-21-7-2-3-9-23(21)17-24)15-27(31)29(28)36-19-25-11-6-10-22-8-4-5-12-26(22)25/h2-18H,19H2,1H3,(H,33,34). The smallest absolute Gasteiger partial charge is 0.271 e. The van der Waals surface area contributed by atoms with E-state index in [0.717, 1.165) is 25.5 Å². The van der Waals surface area contributed by atoms with E-state index in [-0.39, 0.29) is 5.91 Å². The Morgan fingerprint density at radius 2 is 1.64 bits per heavy atom. The van der Waals surface area contributed by atoms with Crippen molar-refractivity contribution >= 4 is 56.3 Å². The lowest BCUT2D eigenvalue weighted by atomic mass is 10.1. The maximum Gasteiger partial charge on any atom is 0.271 e. The molecule has 1 amide bonds. The zero-order valence-electron chi connectivity index (χ0n) is 19.6. The summed E-state index contributed by atoms with van der Waals surface area (Å²) in [5.74, 6) is 1.00. The third-order valence-corrected chi connectivity index (χ3v) is 6.70. The van der Waals surface area contributed by atoms with E-state index < -0.39 is 0 Å². The topological polar surface area (TPSA) is 59.9 Å². The number of hydrogen-bond acceptors (Lipinski definition) is 4. The molecule has 5 aromatic rings. The minimum absolute atomic E-state index is 0.270. The van der Waals surface area contributed by atoms with Gasteiger partial charge in [-0.25, -0.2) is 5.43 Å². The van der Waals surface area contributed by atoms with E-state index in [1.165, 1.54) is 10.8 Å². The molecule has 0 saturated carbocycles. The number of hydrazone groups is 1. The first-order chi connectivity index (χ1) is 17.6. The van der Waals surface area contributed by atoms with E-state index in [1.54, 1.807) is 19.4 Å². The van der Waals surface area contributed by atoms with Gasteiger partial charge in [-0.05, 0) is 79.5 Å². The molecule has 0 heterocycles. The van der Waals surface area contributed by atoms with Crippen molar-refractivity contribution in [2.24, 2.45) is 5.10 Å². The molecule has 0 fully saturated rings. The van der Waals surface area contributed by atoms with Crippen LogP contribution < -0.4 is 14.9 Å². The maximum atomic E-state index is 12.6. The van der Waals surface area contributed by atoms with Crippen LogP contribution in [0.15, 0.2) is 102 Å². The van der Waals surface area contributed by atoms with Crippen molar-refractivity contribution in [3.05, 3.63) is 117 Å². The molecule has 0 aliphatic heterocycles. The number of carbonyl (C=O) groups is 1. The Bertz CT molecular complexity index is 1590. The predicted octanol–water partition coefficient (Wildman–Crippen LogP) is 6.95.